The van der Waals surface area contributed by atoms with Crippen molar-refractivity contribution in [2.24, 2.45) is 0 Å². The second-order valence-electron chi connectivity index (χ2n) is 4.92. The van der Waals surface area contributed by atoms with Crippen LogP contribution in [0.1, 0.15) is 10.4 Å². The summed E-state index contributed by atoms with van der Waals surface area (Å²) in [6, 6.07) is 10.1. The molecule has 0 spiro atoms. The third-order valence-electron chi connectivity index (χ3n) is 3.10. The Kier molecular flexibility index (Phi) is 6.40. The molecule has 0 amide bonds. The minimum atomic E-state index is -3.98. The van der Waals surface area contributed by atoms with Gasteiger partial charge in [-0.05, 0) is 36.4 Å². The fourth-order valence-electron chi connectivity index (χ4n) is 1.97. The van der Waals surface area contributed by atoms with Crippen LogP contribution in [-0.4, -0.2) is 39.8 Å². The van der Waals surface area contributed by atoms with E-state index in [1.807, 2.05) is 0 Å². The van der Waals surface area contributed by atoms with Gasteiger partial charge in [0.05, 0.1) is 12.2 Å². The van der Waals surface area contributed by atoms with Gasteiger partial charge in [0.2, 0.25) is 0 Å². The van der Waals surface area contributed by atoms with E-state index in [0.717, 1.165) is 0 Å². The van der Waals surface area contributed by atoms with E-state index in [1.54, 1.807) is 6.07 Å². The zero-order valence-electron chi connectivity index (χ0n) is 13.2. The van der Waals surface area contributed by atoms with Crippen molar-refractivity contribution in [1.82, 2.24) is 0 Å². The molecule has 2 aromatic carbocycles. The first kappa shape index (κ1) is 19.2. The lowest BCUT2D eigenvalue weighted by atomic mass is 10.2. The molecule has 0 aromatic heterocycles. The Labute approximate surface area is 153 Å². The molecular formula is C16H16BrNO6S. The van der Waals surface area contributed by atoms with E-state index in [-0.39, 0.29) is 28.5 Å². The minimum absolute atomic E-state index is 0.0222. The summed E-state index contributed by atoms with van der Waals surface area (Å²) < 4.78 is 38.7. The Morgan fingerprint density at radius 2 is 1.96 bits per heavy atom. The number of hydrogen-bond donors (Lipinski definition) is 2. The maximum absolute atomic E-state index is 12.7. The van der Waals surface area contributed by atoms with E-state index in [9.17, 15) is 13.2 Å². The molecule has 2 aromatic rings. The maximum atomic E-state index is 12.7. The molecule has 7 nitrogen and oxygen atoms in total. The normalized spacial score (nSPS) is 11.1. The Morgan fingerprint density at radius 3 is 2.64 bits per heavy atom. The molecule has 0 heterocycles. The fraction of sp³-hybridized carbons (Fsp3) is 0.188. The number of sulfonamides is 1. The lowest BCUT2D eigenvalue weighted by Gasteiger charge is -2.14. The number of halogens is 1. The molecule has 25 heavy (non-hydrogen) atoms. The lowest BCUT2D eigenvalue weighted by molar-refractivity contribution is 0.0697. The molecule has 0 fully saturated rings. The van der Waals surface area contributed by atoms with Crippen LogP contribution in [0.2, 0.25) is 0 Å². The van der Waals surface area contributed by atoms with Crippen LogP contribution in [0.3, 0.4) is 0 Å². The number of carboxylic acids is 1. The third kappa shape index (κ3) is 5.18. The van der Waals surface area contributed by atoms with E-state index < -0.39 is 16.0 Å². The summed E-state index contributed by atoms with van der Waals surface area (Å²) in [5.41, 5.74) is 0.119. The lowest BCUT2D eigenvalue weighted by Crippen LogP contribution is -2.16. The Hall–Kier alpha value is -2.10. The number of aromatic carboxylic acids is 1. The van der Waals surface area contributed by atoms with E-state index in [0.29, 0.717) is 11.1 Å². The van der Waals surface area contributed by atoms with Gasteiger partial charge < -0.3 is 14.6 Å². The van der Waals surface area contributed by atoms with Gasteiger partial charge >= 0.3 is 5.97 Å². The van der Waals surface area contributed by atoms with Crippen LogP contribution in [0.5, 0.6) is 5.75 Å². The van der Waals surface area contributed by atoms with Gasteiger partial charge in [-0.3, -0.25) is 4.72 Å². The van der Waals surface area contributed by atoms with Crippen molar-refractivity contribution in [3.05, 3.63) is 52.5 Å². The molecule has 2 N–H and O–H groups in total. The zero-order chi connectivity index (χ0) is 18.4. The van der Waals surface area contributed by atoms with Crippen molar-refractivity contribution >= 4 is 37.6 Å². The summed E-state index contributed by atoms with van der Waals surface area (Å²) in [5.74, 6) is -0.978. The highest BCUT2D eigenvalue weighted by atomic mass is 79.9. The summed E-state index contributed by atoms with van der Waals surface area (Å²) in [6.45, 7) is 0.499. The van der Waals surface area contributed by atoms with Crippen molar-refractivity contribution < 1.29 is 27.8 Å². The Morgan fingerprint density at radius 1 is 1.20 bits per heavy atom. The number of anilines is 1. The van der Waals surface area contributed by atoms with Gasteiger partial charge in [-0.1, -0.05) is 22.0 Å². The van der Waals surface area contributed by atoms with Crippen LogP contribution >= 0.6 is 15.9 Å². The maximum Gasteiger partial charge on any atom is 0.335 e. The largest absolute Gasteiger partial charge is 0.490 e. The molecule has 134 valence electrons. The van der Waals surface area contributed by atoms with Crippen molar-refractivity contribution in [3.8, 4) is 5.75 Å². The van der Waals surface area contributed by atoms with E-state index in [2.05, 4.69) is 20.7 Å². The van der Waals surface area contributed by atoms with Crippen LogP contribution in [0, 0.1) is 0 Å². The average Bonchev–Trinajstić information content (AvgIpc) is 2.56. The minimum Gasteiger partial charge on any atom is -0.490 e. The van der Waals surface area contributed by atoms with Crippen LogP contribution < -0.4 is 9.46 Å². The number of carboxylic acid groups (broad SMARTS) is 1. The van der Waals surface area contributed by atoms with Gasteiger partial charge in [-0.15, -0.1) is 0 Å². The molecule has 0 aliphatic heterocycles. The molecular weight excluding hydrogens is 414 g/mol. The average molecular weight is 430 g/mol. The summed E-state index contributed by atoms with van der Waals surface area (Å²) in [5, 5.41) is 9.01. The van der Waals surface area contributed by atoms with Crippen LogP contribution in [0.4, 0.5) is 5.69 Å². The molecule has 9 heteroatoms. The van der Waals surface area contributed by atoms with Crippen LogP contribution in [0.15, 0.2) is 51.8 Å². The molecule has 0 aliphatic carbocycles. The predicted octanol–water partition coefficient (Wildman–Crippen LogP) is 2.97. The Balaban J connectivity index is 2.34. The number of nitrogens with one attached hydrogen (secondary N) is 1. The van der Waals surface area contributed by atoms with Crippen molar-refractivity contribution in [2.45, 2.75) is 4.90 Å². The van der Waals surface area contributed by atoms with Gasteiger partial charge in [-0.25, -0.2) is 13.2 Å². The number of methoxy groups -OCH3 is 1. The van der Waals surface area contributed by atoms with Gasteiger partial charge in [0.15, 0.2) is 0 Å². The first-order chi connectivity index (χ1) is 11.8. The SMILES string of the molecule is COCCOc1ccc(Br)cc1S(=O)(=O)Nc1cccc(C(=O)O)c1. The summed E-state index contributed by atoms with van der Waals surface area (Å²) in [7, 11) is -2.47. The summed E-state index contributed by atoms with van der Waals surface area (Å²) in [6.07, 6.45) is 0. The van der Waals surface area contributed by atoms with Crippen molar-refractivity contribution in [3.63, 3.8) is 0 Å². The second kappa shape index (κ2) is 8.32. The second-order valence-corrected chi connectivity index (χ2v) is 7.49. The van der Waals surface area contributed by atoms with E-state index in [4.69, 9.17) is 14.6 Å². The third-order valence-corrected chi connectivity index (χ3v) is 5.00. The molecule has 0 saturated heterocycles. The van der Waals surface area contributed by atoms with Gasteiger partial charge in [0, 0.05) is 17.3 Å². The van der Waals surface area contributed by atoms with E-state index >= 15 is 0 Å². The molecule has 0 atom stereocenters. The number of rotatable bonds is 8. The molecule has 2 rings (SSSR count). The molecule has 0 aliphatic rings. The molecule has 0 saturated carbocycles. The highest BCUT2D eigenvalue weighted by Gasteiger charge is 2.21. The first-order valence-corrected chi connectivity index (χ1v) is 9.38. The predicted molar refractivity (Wildman–Crippen MR) is 95.7 cm³/mol. The Bertz CT molecular complexity index is 869. The van der Waals surface area contributed by atoms with Crippen molar-refractivity contribution in [2.75, 3.05) is 25.0 Å². The van der Waals surface area contributed by atoms with Crippen LogP contribution in [0.25, 0.3) is 0 Å². The standard InChI is InChI=1S/C16H16BrNO6S/c1-23-7-8-24-14-6-5-12(17)10-15(14)25(21,22)18-13-4-2-3-11(9-13)16(19)20/h2-6,9-10,18H,7-8H2,1H3,(H,19,20). The zero-order valence-corrected chi connectivity index (χ0v) is 15.6. The summed E-state index contributed by atoms with van der Waals surface area (Å²) in [4.78, 5) is 10.9. The number of ether oxygens (including phenoxy) is 2. The highest BCUT2D eigenvalue weighted by Crippen LogP contribution is 2.29. The number of hydrogen-bond acceptors (Lipinski definition) is 5. The van der Waals surface area contributed by atoms with Crippen LogP contribution in [-0.2, 0) is 14.8 Å². The smallest absolute Gasteiger partial charge is 0.335 e. The fourth-order valence-corrected chi connectivity index (χ4v) is 3.71. The first-order valence-electron chi connectivity index (χ1n) is 7.11. The molecule has 0 radical (unpaired) electrons. The van der Waals surface area contributed by atoms with E-state index in [1.165, 1.54) is 43.5 Å². The summed E-state index contributed by atoms with van der Waals surface area (Å²) >= 11 is 3.24. The number of benzene rings is 2. The van der Waals surface area contributed by atoms with Gasteiger partial charge in [0.1, 0.15) is 17.3 Å². The molecule has 0 bridgehead atoms. The highest BCUT2D eigenvalue weighted by molar-refractivity contribution is 9.10. The topological polar surface area (TPSA) is 102 Å². The monoisotopic (exact) mass is 429 g/mol. The van der Waals surface area contributed by atoms with Gasteiger partial charge in [0.25, 0.3) is 10.0 Å². The quantitative estimate of drug-likeness (QED) is 0.625. The van der Waals surface area contributed by atoms with Gasteiger partial charge in [-0.2, -0.15) is 0 Å². The molecule has 0 unspecified atom stereocenters. The van der Waals surface area contributed by atoms with Crippen molar-refractivity contribution in [1.29, 1.82) is 0 Å². The number of carbonyl (C=O) groups is 1.